The number of amides is 1. The standard InChI is InChI=1S/C22H28N2O/c1-23-17-18-12-14-24(15-13-18)22(25)16-21(19-8-4-2-5-9-19)20-10-6-3-7-11-20/h2-11,18,21,23H,12-17H2,1H3. The fraction of sp³-hybridized carbons (Fsp3) is 0.409. The summed E-state index contributed by atoms with van der Waals surface area (Å²) < 4.78 is 0. The van der Waals surface area contributed by atoms with Crippen molar-refractivity contribution in [3.8, 4) is 0 Å². The molecule has 0 unspecified atom stereocenters. The van der Waals surface area contributed by atoms with Gasteiger partial charge in [-0.2, -0.15) is 0 Å². The Bertz CT molecular complexity index is 609. The molecule has 0 aromatic heterocycles. The molecule has 0 saturated carbocycles. The van der Waals surface area contributed by atoms with Crippen LogP contribution in [0.3, 0.4) is 0 Å². The zero-order valence-corrected chi connectivity index (χ0v) is 15.0. The van der Waals surface area contributed by atoms with E-state index in [9.17, 15) is 4.79 Å². The molecule has 0 atom stereocenters. The van der Waals surface area contributed by atoms with Crippen molar-refractivity contribution in [2.24, 2.45) is 5.92 Å². The molecule has 3 heteroatoms. The van der Waals surface area contributed by atoms with Crippen molar-refractivity contribution < 1.29 is 4.79 Å². The minimum Gasteiger partial charge on any atom is -0.343 e. The molecule has 1 fully saturated rings. The monoisotopic (exact) mass is 336 g/mol. The van der Waals surface area contributed by atoms with Gasteiger partial charge in [-0.05, 0) is 43.5 Å². The lowest BCUT2D eigenvalue weighted by atomic mass is 9.87. The average molecular weight is 336 g/mol. The zero-order chi connectivity index (χ0) is 17.5. The van der Waals surface area contributed by atoms with E-state index in [0.29, 0.717) is 12.3 Å². The van der Waals surface area contributed by atoms with Crippen molar-refractivity contribution in [2.75, 3.05) is 26.7 Å². The molecule has 3 rings (SSSR count). The number of likely N-dealkylation sites (tertiary alicyclic amines) is 1. The first-order valence-electron chi connectivity index (χ1n) is 9.30. The van der Waals surface area contributed by atoms with E-state index in [1.807, 2.05) is 19.2 Å². The van der Waals surface area contributed by atoms with Gasteiger partial charge in [0, 0.05) is 25.4 Å². The largest absolute Gasteiger partial charge is 0.343 e. The van der Waals surface area contributed by atoms with Gasteiger partial charge in [0.2, 0.25) is 5.91 Å². The maximum Gasteiger partial charge on any atom is 0.223 e. The van der Waals surface area contributed by atoms with Gasteiger partial charge in [-0.15, -0.1) is 0 Å². The van der Waals surface area contributed by atoms with Gasteiger partial charge in [-0.1, -0.05) is 60.7 Å². The van der Waals surface area contributed by atoms with Crippen molar-refractivity contribution in [3.63, 3.8) is 0 Å². The molecule has 1 saturated heterocycles. The second kappa shape index (κ2) is 8.82. The molecule has 3 nitrogen and oxygen atoms in total. The first-order valence-corrected chi connectivity index (χ1v) is 9.30. The Morgan fingerprint density at radius 1 is 1.00 bits per heavy atom. The summed E-state index contributed by atoms with van der Waals surface area (Å²) in [7, 11) is 2.00. The van der Waals surface area contributed by atoms with Crippen LogP contribution in [0.25, 0.3) is 0 Å². The third-order valence-electron chi connectivity index (χ3n) is 5.24. The Hall–Kier alpha value is -2.13. The molecule has 0 radical (unpaired) electrons. The summed E-state index contributed by atoms with van der Waals surface area (Å²) in [6.45, 7) is 2.83. The normalized spacial score (nSPS) is 15.5. The van der Waals surface area contributed by atoms with Crippen LogP contribution < -0.4 is 5.32 Å². The highest BCUT2D eigenvalue weighted by Gasteiger charge is 2.25. The molecule has 2 aromatic carbocycles. The third kappa shape index (κ3) is 4.70. The van der Waals surface area contributed by atoms with Gasteiger partial charge in [0.25, 0.3) is 0 Å². The van der Waals surface area contributed by atoms with E-state index >= 15 is 0 Å². The highest BCUT2D eigenvalue weighted by atomic mass is 16.2. The number of nitrogens with one attached hydrogen (secondary N) is 1. The Morgan fingerprint density at radius 2 is 1.52 bits per heavy atom. The van der Waals surface area contributed by atoms with Crippen LogP contribution in [0.1, 0.15) is 36.3 Å². The number of benzene rings is 2. The molecule has 132 valence electrons. The lowest BCUT2D eigenvalue weighted by Gasteiger charge is -2.33. The van der Waals surface area contributed by atoms with Crippen molar-refractivity contribution >= 4 is 5.91 Å². The molecular weight excluding hydrogens is 308 g/mol. The summed E-state index contributed by atoms with van der Waals surface area (Å²) in [5.74, 6) is 1.11. The van der Waals surface area contributed by atoms with Crippen LogP contribution in [0.15, 0.2) is 60.7 Å². The minimum atomic E-state index is 0.130. The van der Waals surface area contributed by atoms with Crippen LogP contribution in [0.5, 0.6) is 0 Å². The molecule has 1 amide bonds. The number of hydrogen-bond donors (Lipinski definition) is 1. The van der Waals surface area contributed by atoms with E-state index in [1.165, 1.54) is 11.1 Å². The Kier molecular flexibility index (Phi) is 6.24. The smallest absolute Gasteiger partial charge is 0.223 e. The number of rotatable bonds is 6. The lowest BCUT2D eigenvalue weighted by molar-refractivity contribution is -0.132. The molecule has 1 aliphatic heterocycles. The quantitative estimate of drug-likeness (QED) is 0.873. The molecule has 0 aliphatic carbocycles. The van der Waals surface area contributed by atoms with Crippen LogP contribution in [0, 0.1) is 5.92 Å². The molecule has 1 N–H and O–H groups in total. The summed E-state index contributed by atoms with van der Waals surface area (Å²) in [5, 5.41) is 3.25. The molecule has 1 heterocycles. The maximum atomic E-state index is 12.9. The van der Waals surface area contributed by atoms with Gasteiger partial charge < -0.3 is 10.2 Å². The average Bonchev–Trinajstić information content (AvgIpc) is 2.68. The van der Waals surface area contributed by atoms with Crippen LogP contribution in [-0.2, 0) is 4.79 Å². The Morgan fingerprint density at radius 3 is 2.00 bits per heavy atom. The summed E-state index contributed by atoms with van der Waals surface area (Å²) in [6.07, 6.45) is 2.76. The number of carbonyl (C=O) groups is 1. The topological polar surface area (TPSA) is 32.3 Å². The van der Waals surface area contributed by atoms with E-state index in [-0.39, 0.29) is 11.8 Å². The third-order valence-corrected chi connectivity index (χ3v) is 5.24. The van der Waals surface area contributed by atoms with Gasteiger partial charge in [0.05, 0.1) is 0 Å². The predicted octanol–water partition coefficient (Wildman–Crippen LogP) is 3.67. The maximum absolute atomic E-state index is 12.9. The minimum absolute atomic E-state index is 0.130. The molecule has 1 aliphatic rings. The van der Waals surface area contributed by atoms with E-state index in [1.54, 1.807) is 0 Å². The Balaban J connectivity index is 1.70. The highest BCUT2D eigenvalue weighted by Crippen LogP contribution is 2.29. The molecule has 0 spiro atoms. The van der Waals surface area contributed by atoms with Crippen LogP contribution >= 0.6 is 0 Å². The SMILES string of the molecule is CNCC1CCN(C(=O)CC(c2ccccc2)c2ccccc2)CC1. The van der Waals surface area contributed by atoms with Crippen molar-refractivity contribution in [3.05, 3.63) is 71.8 Å². The van der Waals surface area contributed by atoms with Crippen molar-refractivity contribution in [1.29, 1.82) is 0 Å². The van der Waals surface area contributed by atoms with Gasteiger partial charge in [0.15, 0.2) is 0 Å². The van der Waals surface area contributed by atoms with Gasteiger partial charge in [-0.3, -0.25) is 4.79 Å². The highest BCUT2D eigenvalue weighted by molar-refractivity contribution is 5.78. The van der Waals surface area contributed by atoms with Crippen LogP contribution in [-0.4, -0.2) is 37.5 Å². The number of carbonyl (C=O) groups excluding carboxylic acids is 1. The second-order valence-electron chi connectivity index (χ2n) is 6.96. The fourth-order valence-corrected chi connectivity index (χ4v) is 3.78. The summed E-state index contributed by atoms with van der Waals surface area (Å²) in [4.78, 5) is 15.0. The zero-order valence-electron chi connectivity index (χ0n) is 15.0. The Labute approximate surface area is 151 Å². The van der Waals surface area contributed by atoms with E-state index in [0.717, 1.165) is 32.5 Å². The van der Waals surface area contributed by atoms with Crippen LogP contribution in [0.2, 0.25) is 0 Å². The number of nitrogens with zero attached hydrogens (tertiary/aromatic N) is 1. The number of piperidine rings is 1. The molecule has 2 aromatic rings. The number of hydrogen-bond acceptors (Lipinski definition) is 2. The fourth-order valence-electron chi connectivity index (χ4n) is 3.78. The van der Waals surface area contributed by atoms with E-state index < -0.39 is 0 Å². The summed E-state index contributed by atoms with van der Waals surface area (Å²) >= 11 is 0. The first kappa shape index (κ1) is 17.7. The van der Waals surface area contributed by atoms with Gasteiger partial charge >= 0.3 is 0 Å². The van der Waals surface area contributed by atoms with Gasteiger partial charge in [-0.25, -0.2) is 0 Å². The van der Waals surface area contributed by atoms with Crippen LogP contribution in [0.4, 0.5) is 0 Å². The van der Waals surface area contributed by atoms with Crippen molar-refractivity contribution in [2.45, 2.75) is 25.2 Å². The van der Waals surface area contributed by atoms with E-state index in [4.69, 9.17) is 0 Å². The van der Waals surface area contributed by atoms with Gasteiger partial charge in [0.1, 0.15) is 0 Å². The molecule has 0 bridgehead atoms. The summed E-state index contributed by atoms with van der Waals surface area (Å²) in [5.41, 5.74) is 2.43. The molecule has 25 heavy (non-hydrogen) atoms. The molecular formula is C22H28N2O. The second-order valence-corrected chi connectivity index (χ2v) is 6.96. The predicted molar refractivity (Wildman–Crippen MR) is 103 cm³/mol. The van der Waals surface area contributed by atoms with E-state index in [2.05, 4.69) is 58.7 Å². The summed E-state index contributed by atoms with van der Waals surface area (Å²) in [6, 6.07) is 20.8. The van der Waals surface area contributed by atoms with Crippen molar-refractivity contribution in [1.82, 2.24) is 10.2 Å². The first-order chi connectivity index (χ1) is 12.3. The lowest BCUT2D eigenvalue weighted by Crippen LogP contribution is -2.40.